The molecule has 0 spiro atoms. The molecular formula is C23H25F3N4O3S. The van der Waals surface area contributed by atoms with E-state index >= 15 is 0 Å². The lowest BCUT2D eigenvalue weighted by Gasteiger charge is -2.37. The quantitative estimate of drug-likeness (QED) is 0.377. The molecule has 0 radical (unpaired) electrons. The van der Waals surface area contributed by atoms with Gasteiger partial charge in [0.25, 0.3) is 11.6 Å². The first kappa shape index (κ1) is 25.4. The number of amides is 1. The molecule has 1 amide bonds. The third kappa shape index (κ3) is 5.82. The molecule has 182 valence electrons. The zero-order valence-electron chi connectivity index (χ0n) is 19.0. The van der Waals surface area contributed by atoms with Crippen molar-refractivity contribution in [1.82, 2.24) is 10.2 Å². The molecule has 1 heterocycles. The molecule has 1 saturated heterocycles. The van der Waals surface area contributed by atoms with E-state index in [1.807, 2.05) is 12.1 Å². The van der Waals surface area contributed by atoms with E-state index in [0.717, 1.165) is 17.7 Å². The first-order valence-electron chi connectivity index (χ1n) is 10.6. The number of anilines is 1. The van der Waals surface area contributed by atoms with Gasteiger partial charge in [-0.05, 0) is 47.5 Å². The fourth-order valence-electron chi connectivity index (χ4n) is 3.63. The number of rotatable bonds is 3. The summed E-state index contributed by atoms with van der Waals surface area (Å²) >= 11 is 5.36. The molecule has 0 aliphatic carbocycles. The maximum absolute atomic E-state index is 13.0. The molecule has 2 aromatic carbocycles. The van der Waals surface area contributed by atoms with Crippen molar-refractivity contribution in [2.45, 2.75) is 32.4 Å². The number of halogens is 3. The van der Waals surface area contributed by atoms with Gasteiger partial charge < -0.3 is 9.80 Å². The number of hydrogen-bond acceptors (Lipinski definition) is 5. The number of nitrogens with one attached hydrogen (secondary N) is 1. The summed E-state index contributed by atoms with van der Waals surface area (Å²) in [5.41, 5.74) is -0.0218. The number of hydrogen-bond donors (Lipinski definition) is 1. The number of nitro benzene ring substituents is 1. The number of carbonyl (C=O) groups is 1. The summed E-state index contributed by atoms with van der Waals surface area (Å²) in [6.45, 7) is 7.52. The van der Waals surface area contributed by atoms with E-state index in [1.165, 1.54) is 0 Å². The third-order valence-electron chi connectivity index (χ3n) is 5.64. The van der Waals surface area contributed by atoms with Crippen LogP contribution in [-0.2, 0) is 11.6 Å². The number of benzene rings is 2. The van der Waals surface area contributed by atoms with E-state index in [1.54, 1.807) is 21.9 Å². The molecule has 2 aromatic rings. The molecular weight excluding hydrogens is 469 g/mol. The van der Waals surface area contributed by atoms with Gasteiger partial charge >= 0.3 is 6.18 Å². The fraction of sp³-hybridized carbons (Fsp3) is 0.391. The van der Waals surface area contributed by atoms with Gasteiger partial charge in [0, 0.05) is 37.8 Å². The maximum Gasteiger partial charge on any atom is 0.416 e. The van der Waals surface area contributed by atoms with Crippen LogP contribution in [0.25, 0.3) is 0 Å². The first-order chi connectivity index (χ1) is 15.8. The topological polar surface area (TPSA) is 78.7 Å². The van der Waals surface area contributed by atoms with E-state index in [9.17, 15) is 28.1 Å². The van der Waals surface area contributed by atoms with Crippen LogP contribution in [0.1, 0.15) is 42.3 Å². The Balaban J connectivity index is 1.63. The van der Waals surface area contributed by atoms with Gasteiger partial charge in [0.15, 0.2) is 5.11 Å². The van der Waals surface area contributed by atoms with Crippen LogP contribution in [0, 0.1) is 10.1 Å². The van der Waals surface area contributed by atoms with Crippen molar-refractivity contribution < 1.29 is 22.9 Å². The smallest absolute Gasteiger partial charge is 0.362 e. The van der Waals surface area contributed by atoms with E-state index in [4.69, 9.17) is 12.2 Å². The van der Waals surface area contributed by atoms with Gasteiger partial charge in [0.2, 0.25) is 0 Å². The second kappa shape index (κ2) is 9.57. The lowest BCUT2D eigenvalue weighted by molar-refractivity contribution is -0.384. The standard InChI is InChI=1S/C23H25F3N4O3S/c1-22(2,3)16-6-4-15(5-7-16)20(31)27-21(34)29-12-10-28(11-13-29)18-9-8-17(23(24,25)26)14-19(18)30(32)33/h4-9,14H,10-13H2,1-3H3,(H,27,31,34). The highest BCUT2D eigenvalue weighted by molar-refractivity contribution is 7.80. The Morgan fingerprint density at radius 3 is 2.06 bits per heavy atom. The molecule has 3 rings (SSSR count). The van der Waals surface area contributed by atoms with Crippen LogP contribution in [0.3, 0.4) is 0 Å². The Labute approximate surface area is 200 Å². The van der Waals surface area contributed by atoms with Crippen LogP contribution in [0.4, 0.5) is 24.5 Å². The summed E-state index contributed by atoms with van der Waals surface area (Å²) in [5.74, 6) is -0.341. The SMILES string of the molecule is CC(C)(C)c1ccc(C(=O)NC(=S)N2CCN(c3ccc(C(F)(F)F)cc3[N+](=O)[O-])CC2)cc1. The summed E-state index contributed by atoms with van der Waals surface area (Å²) in [4.78, 5) is 26.5. The van der Waals surface area contributed by atoms with Crippen molar-refractivity contribution in [1.29, 1.82) is 0 Å². The molecule has 7 nitrogen and oxygen atoms in total. The Morgan fingerprint density at radius 2 is 1.56 bits per heavy atom. The summed E-state index contributed by atoms with van der Waals surface area (Å²) < 4.78 is 38.9. The van der Waals surface area contributed by atoms with E-state index in [2.05, 4.69) is 26.1 Å². The zero-order chi connectivity index (χ0) is 25.3. The number of nitro groups is 1. The molecule has 0 aromatic heterocycles. The van der Waals surface area contributed by atoms with Crippen LogP contribution < -0.4 is 10.2 Å². The van der Waals surface area contributed by atoms with Crippen LogP contribution in [0.15, 0.2) is 42.5 Å². The van der Waals surface area contributed by atoms with E-state index in [-0.39, 0.29) is 22.1 Å². The van der Waals surface area contributed by atoms with Gasteiger partial charge in [-0.1, -0.05) is 32.9 Å². The molecule has 0 unspecified atom stereocenters. The van der Waals surface area contributed by atoms with Crippen LogP contribution in [0.2, 0.25) is 0 Å². The summed E-state index contributed by atoms with van der Waals surface area (Å²) in [7, 11) is 0. The monoisotopic (exact) mass is 494 g/mol. The Morgan fingerprint density at radius 1 is 1.00 bits per heavy atom. The summed E-state index contributed by atoms with van der Waals surface area (Å²) in [5, 5.41) is 14.3. The average Bonchev–Trinajstić information content (AvgIpc) is 2.77. The molecule has 0 atom stereocenters. The molecule has 1 N–H and O–H groups in total. The third-order valence-corrected chi connectivity index (χ3v) is 6.00. The van der Waals surface area contributed by atoms with Crippen molar-refractivity contribution in [2.24, 2.45) is 0 Å². The van der Waals surface area contributed by atoms with E-state index in [0.29, 0.717) is 37.8 Å². The molecule has 1 fully saturated rings. The summed E-state index contributed by atoms with van der Waals surface area (Å²) in [6, 6.07) is 9.78. The number of carbonyl (C=O) groups excluding carboxylic acids is 1. The maximum atomic E-state index is 13.0. The highest BCUT2D eigenvalue weighted by Gasteiger charge is 2.34. The minimum Gasteiger partial charge on any atom is -0.362 e. The minimum atomic E-state index is -4.67. The van der Waals surface area contributed by atoms with Crippen LogP contribution in [-0.4, -0.2) is 47.0 Å². The molecule has 11 heteroatoms. The van der Waals surface area contributed by atoms with Crippen molar-refractivity contribution in [3.8, 4) is 0 Å². The van der Waals surface area contributed by atoms with Gasteiger partial charge in [-0.2, -0.15) is 13.2 Å². The largest absolute Gasteiger partial charge is 0.416 e. The number of piperazine rings is 1. The van der Waals surface area contributed by atoms with Crippen LogP contribution >= 0.6 is 12.2 Å². The van der Waals surface area contributed by atoms with Crippen LogP contribution in [0.5, 0.6) is 0 Å². The van der Waals surface area contributed by atoms with Gasteiger partial charge in [-0.25, -0.2) is 0 Å². The predicted molar refractivity (Wildman–Crippen MR) is 127 cm³/mol. The van der Waals surface area contributed by atoms with Gasteiger partial charge in [0.05, 0.1) is 10.5 Å². The molecule has 0 saturated carbocycles. The first-order valence-corrected chi connectivity index (χ1v) is 11.0. The van der Waals surface area contributed by atoms with Crippen molar-refractivity contribution >= 4 is 34.6 Å². The molecule has 34 heavy (non-hydrogen) atoms. The molecule has 1 aliphatic heterocycles. The fourth-order valence-corrected chi connectivity index (χ4v) is 3.91. The average molecular weight is 495 g/mol. The molecule has 1 aliphatic rings. The predicted octanol–water partition coefficient (Wildman–Crippen LogP) is 4.75. The van der Waals surface area contributed by atoms with Crippen molar-refractivity contribution in [3.05, 3.63) is 69.3 Å². The number of nitrogens with zero attached hydrogens (tertiary/aromatic N) is 3. The summed E-state index contributed by atoms with van der Waals surface area (Å²) in [6.07, 6.45) is -4.67. The highest BCUT2D eigenvalue weighted by Crippen LogP contribution is 2.36. The minimum absolute atomic E-state index is 0.0356. The number of alkyl halides is 3. The number of thiocarbonyl (C=S) groups is 1. The molecule has 0 bridgehead atoms. The van der Waals surface area contributed by atoms with Gasteiger partial charge in [-0.3, -0.25) is 20.2 Å². The Kier molecular flexibility index (Phi) is 7.15. The van der Waals surface area contributed by atoms with Gasteiger partial charge in [-0.15, -0.1) is 0 Å². The second-order valence-electron chi connectivity index (χ2n) is 9.02. The lowest BCUT2D eigenvalue weighted by atomic mass is 9.87. The zero-order valence-corrected chi connectivity index (χ0v) is 19.8. The Hall–Kier alpha value is -3.21. The lowest BCUT2D eigenvalue weighted by Crippen LogP contribution is -2.52. The van der Waals surface area contributed by atoms with Gasteiger partial charge in [0.1, 0.15) is 5.69 Å². The second-order valence-corrected chi connectivity index (χ2v) is 9.41. The van der Waals surface area contributed by atoms with Crippen molar-refractivity contribution in [2.75, 3.05) is 31.1 Å². The van der Waals surface area contributed by atoms with E-state index < -0.39 is 22.4 Å². The highest BCUT2D eigenvalue weighted by atomic mass is 32.1. The Bertz CT molecular complexity index is 1090. The normalized spacial score (nSPS) is 14.6. The van der Waals surface area contributed by atoms with Crippen molar-refractivity contribution in [3.63, 3.8) is 0 Å².